The summed E-state index contributed by atoms with van der Waals surface area (Å²) in [6.07, 6.45) is 2.13. The second-order valence-corrected chi connectivity index (χ2v) is 12.0. The molecule has 3 aromatic rings. The van der Waals surface area contributed by atoms with E-state index in [2.05, 4.69) is 25.3 Å². The molecule has 0 radical (unpaired) electrons. The monoisotopic (exact) mass is 614 g/mol. The predicted octanol–water partition coefficient (Wildman–Crippen LogP) is 0.294. The quantitative estimate of drug-likeness (QED) is 0.0428. The maximum Gasteiger partial charge on any atom is 0.239 e. The van der Waals surface area contributed by atoms with Crippen molar-refractivity contribution in [3.63, 3.8) is 0 Å². The largest absolute Gasteiger partial charge is 0.399 e. The summed E-state index contributed by atoms with van der Waals surface area (Å²) in [7, 11) is -3.93. The van der Waals surface area contributed by atoms with E-state index < -0.39 is 40.5 Å². The molecule has 224 valence electrons. The lowest BCUT2D eigenvalue weighted by molar-refractivity contribution is -0.127. The average molecular weight is 615 g/mol. The molecule has 2 atom stereocenters. The highest BCUT2D eigenvalue weighted by atomic mass is 32.2. The van der Waals surface area contributed by atoms with E-state index in [9.17, 15) is 22.8 Å². The number of ketones is 1. The van der Waals surface area contributed by atoms with E-state index in [0.29, 0.717) is 23.2 Å². The molecule has 0 unspecified atom stereocenters. The highest BCUT2D eigenvalue weighted by molar-refractivity contribution is 7.88. The molecule has 0 spiro atoms. The number of aliphatic imine (C=N–C) groups is 1. The Bertz CT molecular complexity index is 1460. The van der Waals surface area contributed by atoms with Gasteiger partial charge in [-0.05, 0) is 42.5 Å². The number of sulfonamides is 1. The lowest BCUT2D eigenvalue weighted by atomic mass is 10.1. The molecule has 2 aromatic carbocycles. The summed E-state index contributed by atoms with van der Waals surface area (Å²) in [4.78, 5) is 46.8. The molecule has 9 N–H and O–H groups in total. The zero-order valence-corrected chi connectivity index (χ0v) is 24.4. The van der Waals surface area contributed by atoms with Gasteiger partial charge >= 0.3 is 0 Å². The van der Waals surface area contributed by atoms with Crippen molar-refractivity contribution >= 4 is 50.6 Å². The van der Waals surface area contributed by atoms with Gasteiger partial charge in [0.15, 0.2) is 11.0 Å². The van der Waals surface area contributed by atoms with Gasteiger partial charge in [-0.25, -0.2) is 18.1 Å². The number of thiazole rings is 1. The number of amides is 2. The van der Waals surface area contributed by atoms with Crippen LogP contribution in [-0.2, 0) is 31.8 Å². The van der Waals surface area contributed by atoms with Gasteiger partial charge in [-0.1, -0.05) is 42.5 Å². The van der Waals surface area contributed by atoms with Gasteiger partial charge in [-0.15, -0.1) is 11.3 Å². The number of nitrogens with zero attached hydrogens (tertiary/aromatic N) is 2. The smallest absolute Gasteiger partial charge is 0.239 e. The van der Waals surface area contributed by atoms with Gasteiger partial charge in [0.05, 0.1) is 18.3 Å². The molecular weight excluding hydrogens is 580 g/mol. The highest BCUT2D eigenvalue weighted by Gasteiger charge is 2.27. The van der Waals surface area contributed by atoms with Crippen LogP contribution >= 0.6 is 11.3 Å². The van der Waals surface area contributed by atoms with Gasteiger partial charge in [-0.3, -0.25) is 19.4 Å². The van der Waals surface area contributed by atoms with Crippen molar-refractivity contribution in [1.29, 1.82) is 0 Å². The molecule has 0 fully saturated rings. The summed E-state index contributed by atoms with van der Waals surface area (Å²) in [5.74, 6) is -2.16. The first-order chi connectivity index (χ1) is 20.0. The van der Waals surface area contributed by atoms with E-state index in [1.807, 2.05) is 0 Å². The lowest BCUT2D eigenvalue weighted by Crippen LogP contribution is -2.51. The van der Waals surface area contributed by atoms with Gasteiger partial charge in [0.2, 0.25) is 27.6 Å². The molecule has 1 aromatic heterocycles. The normalized spacial score (nSPS) is 12.6. The predicted molar refractivity (Wildman–Crippen MR) is 162 cm³/mol. The number of nitrogen functional groups attached to an aromatic ring is 1. The molecule has 0 saturated carbocycles. The van der Waals surface area contributed by atoms with E-state index in [4.69, 9.17) is 17.2 Å². The minimum atomic E-state index is -3.93. The van der Waals surface area contributed by atoms with Crippen molar-refractivity contribution in [2.75, 3.05) is 18.8 Å². The number of carbonyl (C=O) groups excluding carboxylic acids is 3. The van der Waals surface area contributed by atoms with Crippen LogP contribution in [0.4, 0.5) is 5.69 Å². The third-order valence-electron chi connectivity index (χ3n) is 5.92. The van der Waals surface area contributed by atoms with Crippen molar-refractivity contribution in [3.05, 3.63) is 82.3 Å². The number of aromatic nitrogens is 1. The molecule has 13 nitrogen and oxygen atoms in total. The Labute approximate surface area is 248 Å². The fourth-order valence-electron chi connectivity index (χ4n) is 3.93. The van der Waals surface area contributed by atoms with E-state index in [1.54, 1.807) is 60.0 Å². The second-order valence-electron chi connectivity index (χ2n) is 9.35. The van der Waals surface area contributed by atoms with E-state index in [0.717, 1.165) is 11.3 Å². The Morgan fingerprint density at radius 3 is 2.33 bits per heavy atom. The molecule has 15 heteroatoms. The van der Waals surface area contributed by atoms with Gasteiger partial charge < -0.3 is 27.8 Å². The number of benzene rings is 2. The number of hydrogen-bond donors (Lipinski definition) is 6. The Hall–Kier alpha value is -4.34. The van der Waals surface area contributed by atoms with Gasteiger partial charge in [0, 0.05) is 23.8 Å². The minimum absolute atomic E-state index is 0.0116. The van der Waals surface area contributed by atoms with Gasteiger partial charge in [0.1, 0.15) is 6.04 Å². The summed E-state index contributed by atoms with van der Waals surface area (Å²) >= 11 is 1.14. The Morgan fingerprint density at radius 2 is 1.69 bits per heavy atom. The average Bonchev–Trinajstić information content (AvgIpc) is 3.49. The minimum Gasteiger partial charge on any atom is -0.399 e. The maximum absolute atomic E-state index is 13.2. The van der Waals surface area contributed by atoms with Crippen molar-refractivity contribution in [3.8, 4) is 0 Å². The number of nitrogens with one attached hydrogen (secondary N) is 3. The first-order valence-electron chi connectivity index (χ1n) is 13.0. The number of anilines is 1. The molecule has 3 rings (SSSR count). The second kappa shape index (κ2) is 15.6. The van der Waals surface area contributed by atoms with Crippen LogP contribution in [-0.4, -0.2) is 62.1 Å². The van der Waals surface area contributed by atoms with Crippen LogP contribution in [0.5, 0.6) is 0 Å². The van der Waals surface area contributed by atoms with E-state index in [-0.39, 0.29) is 41.9 Å². The van der Waals surface area contributed by atoms with Crippen molar-refractivity contribution in [2.24, 2.45) is 16.5 Å². The Kier molecular flexibility index (Phi) is 12.0. The SMILES string of the molecule is NC(N)=NCCC[C@H](NC(=O)CNC(=O)[C@@H](Cc1ccc(N)cc1)NS(=O)(=O)Cc1ccccc1)C(=O)c1nccs1. The number of hydrogen-bond acceptors (Lipinski definition) is 9. The highest BCUT2D eigenvalue weighted by Crippen LogP contribution is 2.12. The summed E-state index contributed by atoms with van der Waals surface area (Å²) in [5.41, 5.74) is 18.2. The zero-order valence-electron chi connectivity index (χ0n) is 22.7. The summed E-state index contributed by atoms with van der Waals surface area (Å²) in [5, 5.41) is 6.97. The lowest BCUT2D eigenvalue weighted by Gasteiger charge is -2.20. The number of Topliss-reactive ketones (excluding diaryl/α,β-unsaturated/α-hetero) is 1. The van der Waals surface area contributed by atoms with Crippen LogP contribution in [0.15, 0.2) is 71.2 Å². The van der Waals surface area contributed by atoms with Crippen LogP contribution in [0.2, 0.25) is 0 Å². The molecule has 0 aliphatic rings. The van der Waals surface area contributed by atoms with Gasteiger partial charge in [0.25, 0.3) is 0 Å². The van der Waals surface area contributed by atoms with Crippen LogP contribution in [0.1, 0.15) is 33.8 Å². The molecule has 0 saturated heterocycles. The molecule has 0 aliphatic heterocycles. The summed E-state index contributed by atoms with van der Waals surface area (Å²) < 4.78 is 28.3. The molecule has 2 amide bonds. The van der Waals surface area contributed by atoms with Crippen molar-refractivity contribution in [1.82, 2.24) is 20.3 Å². The van der Waals surface area contributed by atoms with Crippen LogP contribution in [0.3, 0.4) is 0 Å². The first-order valence-corrected chi connectivity index (χ1v) is 15.5. The number of carbonyl (C=O) groups is 3. The molecule has 42 heavy (non-hydrogen) atoms. The third kappa shape index (κ3) is 10.9. The Balaban J connectivity index is 1.67. The van der Waals surface area contributed by atoms with Crippen LogP contribution < -0.4 is 32.6 Å². The zero-order chi connectivity index (χ0) is 30.5. The number of guanidine groups is 1. The van der Waals surface area contributed by atoms with Gasteiger partial charge in [-0.2, -0.15) is 0 Å². The maximum atomic E-state index is 13.2. The fourth-order valence-corrected chi connectivity index (χ4v) is 5.90. The molecular formula is C27H34N8O5S2. The number of nitrogens with two attached hydrogens (primary N) is 3. The summed E-state index contributed by atoms with van der Waals surface area (Å²) in [6.45, 7) is -0.237. The Morgan fingerprint density at radius 1 is 0.976 bits per heavy atom. The van der Waals surface area contributed by atoms with Crippen LogP contribution in [0, 0.1) is 0 Å². The summed E-state index contributed by atoms with van der Waals surface area (Å²) in [6, 6.07) is 13.0. The fraction of sp³-hybridized carbons (Fsp3) is 0.296. The first kappa shape index (κ1) is 32.2. The van der Waals surface area contributed by atoms with Crippen LogP contribution in [0.25, 0.3) is 0 Å². The van der Waals surface area contributed by atoms with Crippen molar-refractivity contribution < 1.29 is 22.8 Å². The van der Waals surface area contributed by atoms with Crippen molar-refractivity contribution in [2.45, 2.75) is 37.1 Å². The van der Waals surface area contributed by atoms with E-state index >= 15 is 0 Å². The molecule has 0 bridgehead atoms. The van der Waals surface area contributed by atoms with E-state index in [1.165, 1.54) is 6.20 Å². The molecule has 0 aliphatic carbocycles. The number of rotatable bonds is 16. The standard InChI is InChI=1S/C27H34N8O5S2/c28-20-10-8-18(9-11-20)15-22(35-42(39,40)17-19-5-2-1-3-6-19)25(38)33-16-23(36)34-21(7-4-12-32-27(29)30)24(37)26-31-13-14-41-26/h1-3,5-6,8-11,13-14,21-22,35H,4,7,12,15-17,28H2,(H,33,38)(H,34,36)(H4,29,30,32)/t21-,22+/m0/s1. The third-order valence-corrected chi connectivity index (χ3v) is 8.07. The topological polar surface area (TPSA) is 225 Å². The molecule has 1 heterocycles.